The smallest absolute Gasteiger partial charge is 0.258 e. The van der Waals surface area contributed by atoms with Crippen LogP contribution in [-0.4, -0.2) is 28.1 Å². The van der Waals surface area contributed by atoms with Crippen LogP contribution < -0.4 is 11.1 Å². The number of halogens is 1. The monoisotopic (exact) mass is 326 g/mol. The zero-order valence-electron chi connectivity index (χ0n) is 13.4. The lowest BCUT2D eigenvalue weighted by Crippen LogP contribution is -2.52. The van der Waals surface area contributed by atoms with Crippen molar-refractivity contribution in [3.05, 3.63) is 23.0 Å². The number of amides is 1. The molecular formula is C15H23ClN4O2. The Morgan fingerprint density at radius 1 is 1.36 bits per heavy atom. The van der Waals surface area contributed by atoms with Crippen LogP contribution in [0, 0.1) is 13.8 Å². The lowest BCUT2D eigenvalue weighted by Gasteiger charge is -2.31. The van der Waals surface area contributed by atoms with Gasteiger partial charge in [0, 0.05) is 12.2 Å². The number of carbonyl (C=O) groups excluding carboxylic acids is 1. The lowest BCUT2D eigenvalue weighted by atomic mass is 9.92. The van der Waals surface area contributed by atoms with Crippen molar-refractivity contribution in [2.45, 2.75) is 46.1 Å². The Morgan fingerprint density at radius 2 is 2.00 bits per heavy atom. The highest BCUT2D eigenvalue weighted by Gasteiger charge is 2.28. The van der Waals surface area contributed by atoms with E-state index >= 15 is 0 Å². The Balaban J connectivity index is 0.00000242. The number of nitrogens with one attached hydrogen (secondary N) is 1. The normalized spacial score (nSPS) is 11.3. The summed E-state index contributed by atoms with van der Waals surface area (Å²) in [6.45, 7) is 8.07. The van der Waals surface area contributed by atoms with E-state index in [4.69, 9.17) is 10.3 Å². The zero-order valence-corrected chi connectivity index (χ0v) is 14.2. The number of nitrogens with two attached hydrogens (primary N) is 1. The van der Waals surface area contributed by atoms with Crippen molar-refractivity contribution in [2.75, 3.05) is 6.54 Å². The van der Waals surface area contributed by atoms with E-state index < -0.39 is 0 Å². The third-order valence-electron chi connectivity index (χ3n) is 4.11. The predicted octanol–water partition coefficient (Wildman–Crippen LogP) is 2.51. The maximum Gasteiger partial charge on any atom is 0.258 e. The van der Waals surface area contributed by atoms with Crippen molar-refractivity contribution >= 4 is 29.4 Å². The van der Waals surface area contributed by atoms with E-state index in [0.29, 0.717) is 28.9 Å². The van der Waals surface area contributed by atoms with Crippen LogP contribution in [0.5, 0.6) is 0 Å². The quantitative estimate of drug-likeness (QED) is 0.880. The highest BCUT2D eigenvalue weighted by molar-refractivity contribution is 6.06. The van der Waals surface area contributed by atoms with E-state index in [9.17, 15) is 4.79 Å². The molecule has 2 rings (SSSR count). The van der Waals surface area contributed by atoms with E-state index in [1.807, 2.05) is 20.8 Å². The Bertz CT molecular complexity index is 657. The van der Waals surface area contributed by atoms with Crippen LogP contribution in [0.4, 0.5) is 0 Å². The van der Waals surface area contributed by atoms with Gasteiger partial charge in [-0.2, -0.15) is 0 Å². The second kappa shape index (κ2) is 7.07. The molecule has 0 fully saturated rings. The van der Waals surface area contributed by atoms with Crippen molar-refractivity contribution in [1.82, 2.24) is 15.5 Å². The van der Waals surface area contributed by atoms with Crippen molar-refractivity contribution in [2.24, 2.45) is 5.73 Å². The minimum absolute atomic E-state index is 0. The summed E-state index contributed by atoms with van der Waals surface area (Å²) in [5.74, 6) is -0.161. The molecule has 0 atom stereocenters. The molecule has 2 heterocycles. The molecule has 3 N–H and O–H groups in total. The first-order chi connectivity index (χ1) is 9.96. The molecule has 6 nitrogen and oxygen atoms in total. The highest BCUT2D eigenvalue weighted by Crippen LogP contribution is 2.23. The predicted molar refractivity (Wildman–Crippen MR) is 88.4 cm³/mol. The summed E-state index contributed by atoms with van der Waals surface area (Å²) in [4.78, 5) is 17.0. The molecule has 0 aliphatic carbocycles. The standard InChI is InChI=1S/C15H22N4O2.ClH/c1-5-15(6-2,8-16)18-13(20)11-7-9(3)17-14-12(11)10(4)19-21-14;/h7H,5-6,8,16H2,1-4H3,(H,18,20);1H. The third-order valence-corrected chi connectivity index (χ3v) is 4.11. The van der Waals surface area contributed by atoms with Gasteiger partial charge in [0.2, 0.25) is 0 Å². The first kappa shape index (κ1) is 18.4. The van der Waals surface area contributed by atoms with Gasteiger partial charge in [-0.1, -0.05) is 19.0 Å². The summed E-state index contributed by atoms with van der Waals surface area (Å²) in [7, 11) is 0. The van der Waals surface area contributed by atoms with Gasteiger partial charge in [-0.05, 0) is 32.8 Å². The number of aromatic nitrogens is 2. The molecule has 2 aromatic rings. The van der Waals surface area contributed by atoms with Gasteiger partial charge in [-0.25, -0.2) is 4.98 Å². The molecule has 0 radical (unpaired) electrons. The molecule has 0 aromatic carbocycles. The summed E-state index contributed by atoms with van der Waals surface area (Å²) >= 11 is 0. The first-order valence-corrected chi connectivity index (χ1v) is 7.22. The maximum absolute atomic E-state index is 12.7. The maximum atomic E-state index is 12.7. The van der Waals surface area contributed by atoms with E-state index in [1.165, 1.54) is 0 Å². The molecule has 0 saturated heterocycles. The molecule has 1 amide bonds. The number of carbonyl (C=O) groups is 1. The number of nitrogens with zero attached hydrogens (tertiary/aromatic N) is 2. The molecule has 0 unspecified atom stereocenters. The fourth-order valence-corrected chi connectivity index (χ4v) is 2.47. The minimum atomic E-state index is -0.383. The fraction of sp³-hybridized carbons (Fsp3) is 0.533. The summed E-state index contributed by atoms with van der Waals surface area (Å²) < 4.78 is 5.16. The molecule has 0 aliphatic rings. The number of hydrogen-bond donors (Lipinski definition) is 2. The Morgan fingerprint density at radius 3 is 2.55 bits per heavy atom. The van der Waals surface area contributed by atoms with Crippen LogP contribution in [0.15, 0.2) is 10.6 Å². The average molecular weight is 327 g/mol. The van der Waals surface area contributed by atoms with Crippen molar-refractivity contribution in [1.29, 1.82) is 0 Å². The number of aryl methyl sites for hydroxylation is 2. The molecule has 22 heavy (non-hydrogen) atoms. The number of hydrogen-bond acceptors (Lipinski definition) is 5. The van der Waals surface area contributed by atoms with Crippen LogP contribution in [0.25, 0.3) is 11.1 Å². The molecule has 0 aliphatic heterocycles. The van der Waals surface area contributed by atoms with Crippen LogP contribution in [0.2, 0.25) is 0 Å². The van der Waals surface area contributed by atoms with Gasteiger partial charge in [0.15, 0.2) is 0 Å². The summed E-state index contributed by atoms with van der Waals surface area (Å²) in [6.07, 6.45) is 1.56. The minimum Gasteiger partial charge on any atom is -0.345 e. The Hall–Kier alpha value is -1.66. The summed E-state index contributed by atoms with van der Waals surface area (Å²) in [5, 5.41) is 7.63. The second-order valence-corrected chi connectivity index (χ2v) is 5.41. The Labute approximate surface area is 136 Å². The third kappa shape index (κ3) is 3.23. The Kier molecular flexibility index (Phi) is 5.91. The summed E-state index contributed by atoms with van der Waals surface area (Å²) in [5.41, 5.74) is 7.78. The van der Waals surface area contributed by atoms with Gasteiger partial charge in [0.05, 0.1) is 22.2 Å². The second-order valence-electron chi connectivity index (χ2n) is 5.41. The SMILES string of the molecule is CCC(CC)(CN)NC(=O)c1cc(C)nc2onc(C)c12.Cl. The summed E-state index contributed by atoms with van der Waals surface area (Å²) in [6, 6.07) is 1.76. The molecular weight excluding hydrogens is 304 g/mol. The fourth-order valence-electron chi connectivity index (χ4n) is 2.47. The van der Waals surface area contributed by atoms with Crippen LogP contribution in [-0.2, 0) is 0 Å². The highest BCUT2D eigenvalue weighted by atomic mass is 35.5. The molecule has 0 spiro atoms. The molecule has 2 aromatic heterocycles. The van der Waals surface area contributed by atoms with E-state index in [-0.39, 0.29) is 23.9 Å². The van der Waals surface area contributed by atoms with Gasteiger partial charge in [-0.15, -0.1) is 12.4 Å². The van der Waals surface area contributed by atoms with Crippen LogP contribution in [0.1, 0.15) is 48.4 Å². The van der Waals surface area contributed by atoms with E-state index in [2.05, 4.69) is 15.5 Å². The molecule has 0 saturated carbocycles. The molecule has 7 heteroatoms. The van der Waals surface area contributed by atoms with Gasteiger partial charge in [-0.3, -0.25) is 4.79 Å². The largest absolute Gasteiger partial charge is 0.345 e. The molecule has 0 bridgehead atoms. The number of rotatable bonds is 5. The van der Waals surface area contributed by atoms with Crippen molar-refractivity contribution < 1.29 is 9.32 Å². The lowest BCUT2D eigenvalue weighted by molar-refractivity contribution is 0.0896. The van der Waals surface area contributed by atoms with Gasteiger partial charge in [0.25, 0.3) is 11.6 Å². The van der Waals surface area contributed by atoms with Crippen LogP contribution >= 0.6 is 12.4 Å². The van der Waals surface area contributed by atoms with E-state index in [1.54, 1.807) is 13.0 Å². The van der Waals surface area contributed by atoms with Gasteiger partial charge in [0.1, 0.15) is 0 Å². The zero-order chi connectivity index (χ0) is 15.6. The van der Waals surface area contributed by atoms with Gasteiger partial charge >= 0.3 is 0 Å². The molecule has 122 valence electrons. The topological polar surface area (TPSA) is 94.0 Å². The number of fused-ring (bicyclic) bond motifs is 1. The average Bonchev–Trinajstić information content (AvgIpc) is 2.85. The van der Waals surface area contributed by atoms with Crippen molar-refractivity contribution in [3.63, 3.8) is 0 Å². The van der Waals surface area contributed by atoms with Crippen LogP contribution in [0.3, 0.4) is 0 Å². The van der Waals surface area contributed by atoms with E-state index in [0.717, 1.165) is 18.5 Å². The first-order valence-electron chi connectivity index (χ1n) is 7.22. The number of pyridine rings is 1. The van der Waals surface area contributed by atoms with Crippen molar-refractivity contribution in [3.8, 4) is 0 Å². The van der Waals surface area contributed by atoms with Gasteiger partial charge < -0.3 is 15.6 Å².